The monoisotopic (exact) mass is 208 g/mol. The molecule has 3 nitrogen and oxygen atoms in total. The summed E-state index contributed by atoms with van der Waals surface area (Å²) < 4.78 is 5.74. The van der Waals surface area contributed by atoms with Gasteiger partial charge in [0.05, 0.1) is 12.7 Å². The number of nitrogens with zero attached hydrogens (tertiary/aromatic N) is 1. The van der Waals surface area contributed by atoms with Crippen LogP contribution in [0, 0.1) is 0 Å². The van der Waals surface area contributed by atoms with E-state index in [0.29, 0.717) is 12.0 Å². The maximum Gasteiger partial charge on any atom is 0.208 e. The zero-order valence-corrected chi connectivity index (χ0v) is 9.62. The van der Waals surface area contributed by atoms with Gasteiger partial charge in [-0.2, -0.15) is 0 Å². The molecule has 0 saturated heterocycles. The minimum atomic E-state index is 0.479. The molecule has 0 aromatic carbocycles. The highest BCUT2D eigenvalue weighted by Gasteiger charge is 2.20. The van der Waals surface area contributed by atoms with Crippen LogP contribution in [-0.4, -0.2) is 11.0 Å². The summed E-state index contributed by atoms with van der Waals surface area (Å²) in [4.78, 5) is 4.30. The number of aromatic nitrogens is 1. The number of hydrogen-bond acceptors (Lipinski definition) is 3. The van der Waals surface area contributed by atoms with Crippen molar-refractivity contribution < 1.29 is 4.42 Å². The Kier molecular flexibility index (Phi) is 3.41. The lowest BCUT2D eigenvalue weighted by Gasteiger charge is -2.05. The Labute approximate surface area is 91.3 Å². The number of nitrogens with one attached hydrogen (secondary N) is 1. The van der Waals surface area contributed by atoms with Gasteiger partial charge in [-0.1, -0.05) is 26.7 Å². The molecule has 2 rings (SSSR count). The van der Waals surface area contributed by atoms with E-state index in [1.807, 2.05) is 6.20 Å². The van der Waals surface area contributed by atoms with Crippen LogP contribution in [0.3, 0.4) is 0 Å². The third-order valence-electron chi connectivity index (χ3n) is 2.99. The average Bonchev–Trinajstić information content (AvgIpc) is 2.85. The van der Waals surface area contributed by atoms with E-state index in [1.54, 1.807) is 0 Å². The summed E-state index contributed by atoms with van der Waals surface area (Å²) in [5.74, 6) is 2.55. The van der Waals surface area contributed by atoms with E-state index < -0.39 is 0 Å². The minimum Gasteiger partial charge on any atom is -0.444 e. The Morgan fingerprint density at radius 1 is 1.47 bits per heavy atom. The second-order valence-corrected chi connectivity index (χ2v) is 4.67. The second-order valence-electron chi connectivity index (χ2n) is 4.67. The molecule has 84 valence electrons. The van der Waals surface area contributed by atoms with Crippen molar-refractivity contribution >= 4 is 0 Å². The molecule has 1 saturated carbocycles. The zero-order valence-electron chi connectivity index (χ0n) is 9.62. The lowest BCUT2D eigenvalue weighted by molar-refractivity contribution is 0.403. The van der Waals surface area contributed by atoms with Crippen LogP contribution in [0.15, 0.2) is 10.6 Å². The molecule has 1 aromatic heterocycles. The lowest BCUT2D eigenvalue weighted by Crippen LogP contribution is -2.21. The molecule has 0 aliphatic heterocycles. The molecule has 1 aliphatic rings. The molecular weight excluding hydrogens is 188 g/mol. The van der Waals surface area contributed by atoms with Crippen LogP contribution < -0.4 is 5.32 Å². The predicted octanol–water partition coefficient (Wildman–Crippen LogP) is 2.83. The first-order valence-corrected chi connectivity index (χ1v) is 5.93. The molecule has 1 aliphatic carbocycles. The Hall–Kier alpha value is -0.830. The summed E-state index contributed by atoms with van der Waals surface area (Å²) in [7, 11) is 0. The van der Waals surface area contributed by atoms with E-state index in [2.05, 4.69) is 24.1 Å². The molecular formula is C12H20N2O. The van der Waals surface area contributed by atoms with E-state index in [4.69, 9.17) is 4.42 Å². The number of oxazole rings is 1. The molecule has 0 amide bonds. The third kappa shape index (κ3) is 2.81. The van der Waals surface area contributed by atoms with E-state index in [0.717, 1.165) is 18.2 Å². The van der Waals surface area contributed by atoms with Gasteiger partial charge in [0, 0.05) is 12.0 Å². The van der Waals surface area contributed by atoms with Gasteiger partial charge in [-0.15, -0.1) is 0 Å². The van der Waals surface area contributed by atoms with E-state index >= 15 is 0 Å². The minimum absolute atomic E-state index is 0.479. The van der Waals surface area contributed by atoms with Crippen molar-refractivity contribution in [3.63, 3.8) is 0 Å². The maximum absolute atomic E-state index is 5.74. The Balaban J connectivity index is 1.91. The lowest BCUT2D eigenvalue weighted by atomic mass is 10.1. The van der Waals surface area contributed by atoms with Crippen LogP contribution in [0.4, 0.5) is 0 Å². The maximum atomic E-state index is 5.74. The Morgan fingerprint density at radius 2 is 2.20 bits per heavy atom. The van der Waals surface area contributed by atoms with Gasteiger partial charge in [0.15, 0.2) is 0 Å². The molecule has 0 bridgehead atoms. The third-order valence-corrected chi connectivity index (χ3v) is 2.99. The normalized spacial score (nSPS) is 17.8. The molecule has 1 fully saturated rings. The van der Waals surface area contributed by atoms with Crippen molar-refractivity contribution in [2.24, 2.45) is 0 Å². The fraction of sp³-hybridized carbons (Fsp3) is 0.750. The molecule has 0 unspecified atom stereocenters. The van der Waals surface area contributed by atoms with Crippen LogP contribution in [0.2, 0.25) is 0 Å². The first-order chi connectivity index (χ1) is 7.25. The summed E-state index contributed by atoms with van der Waals surface area (Å²) in [6, 6.07) is 0.479. The van der Waals surface area contributed by atoms with Crippen LogP contribution in [0.5, 0.6) is 0 Å². The quantitative estimate of drug-likeness (QED) is 0.826. The van der Waals surface area contributed by atoms with E-state index in [-0.39, 0.29) is 0 Å². The van der Waals surface area contributed by atoms with Crippen molar-refractivity contribution in [3.05, 3.63) is 17.8 Å². The number of rotatable bonds is 4. The van der Waals surface area contributed by atoms with Gasteiger partial charge in [-0.05, 0) is 12.8 Å². The molecule has 1 heterocycles. The summed E-state index contributed by atoms with van der Waals surface area (Å²) >= 11 is 0. The van der Waals surface area contributed by atoms with Gasteiger partial charge >= 0.3 is 0 Å². The molecule has 3 heteroatoms. The largest absolute Gasteiger partial charge is 0.444 e. The van der Waals surface area contributed by atoms with E-state index in [1.165, 1.54) is 25.7 Å². The highest BCUT2D eigenvalue weighted by atomic mass is 16.4. The van der Waals surface area contributed by atoms with Crippen molar-refractivity contribution in [1.29, 1.82) is 0 Å². The Bertz CT molecular complexity index is 300. The van der Waals surface area contributed by atoms with Gasteiger partial charge in [0.2, 0.25) is 5.89 Å². The molecule has 0 spiro atoms. The summed E-state index contributed by atoms with van der Waals surface area (Å²) in [5.41, 5.74) is 0. The van der Waals surface area contributed by atoms with Gasteiger partial charge in [-0.25, -0.2) is 4.98 Å². The summed E-state index contributed by atoms with van der Waals surface area (Å²) in [6.45, 7) is 4.99. The molecule has 1 aromatic rings. The van der Waals surface area contributed by atoms with Crippen LogP contribution in [-0.2, 0) is 6.54 Å². The smallest absolute Gasteiger partial charge is 0.208 e. The summed E-state index contributed by atoms with van der Waals surface area (Å²) in [6.07, 6.45) is 7.13. The highest BCUT2D eigenvalue weighted by molar-refractivity contribution is 5.03. The molecule has 15 heavy (non-hydrogen) atoms. The van der Waals surface area contributed by atoms with Gasteiger partial charge < -0.3 is 9.73 Å². The SMILES string of the molecule is CC(C)NCc1ncc(C2CCCC2)o1. The van der Waals surface area contributed by atoms with Crippen LogP contribution in [0.1, 0.15) is 57.1 Å². The molecule has 1 N–H and O–H groups in total. The predicted molar refractivity (Wildman–Crippen MR) is 59.7 cm³/mol. The average molecular weight is 208 g/mol. The highest BCUT2D eigenvalue weighted by Crippen LogP contribution is 2.34. The van der Waals surface area contributed by atoms with Crippen molar-refractivity contribution in [2.45, 2.75) is 58.0 Å². The van der Waals surface area contributed by atoms with E-state index in [9.17, 15) is 0 Å². The number of hydrogen-bond donors (Lipinski definition) is 1. The van der Waals surface area contributed by atoms with Crippen LogP contribution >= 0.6 is 0 Å². The summed E-state index contributed by atoms with van der Waals surface area (Å²) in [5, 5.41) is 3.31. The molecule has 0 radical (unpaired) electrons. The topological polar surface area (TPSA) is 38.1 Å². The van der Waals surface area contributed by atoms with Crippen molar-refractivity contribution in [1.82, 2.24) is 10.3 Å². The second kappa shape index (κ2) is 4.79. The first kappa shape index (κ1) is 10.7. The zero-order chi connectivity index (χ0) is 10.7. The molecule has 0 atom stereocenters. The fourth-order valence-electron chi connectivity index (χ4n) is 2.10. The van der Waals surface area contributed by atoms with Gasteiger partial charge in [-0.3, -0.25) is 0 Å². The van der Waals surface area contributed by atoms with Crippen molar-refractivity contribution in [2.75, 3.05) is 0 Å². The first-order valence-electron chi connectivity index (χ1n) is 5.93. The van der Waals surface area contributed by atoms with Crippen LogP contribution in [0.25, 0.3) is 0 Å². The fourth-order valence-corrected chi connectivity index (χ4v) is 2.10. The Morgan fingerprint density at radius 3 is 2.87 bits per heavy atom. The van der Waals surface area contributed by atoms with Gasteiger partial charge in [0.1, 0.15) is 5.76 Å². The van der Waals surface area contributed by atoms with Crippen molar-refractivity contribution in [3.8, 4) is 0 Å². The van der Waals surface area contributed by atoms with Gasteiger partial charge in [0.25, 0.3) is 0 Å². The standard InChI is InChI=1S/C12H20N2O/c1-9(2)13-8-12-14-7-11(15-12)10-5-3-4-6-10/h7,9-10,13H,3-6,8H2,1-2H3.